The van der Waals surface area contributed by atoms with E-state index in [9.17, 15) is 9.59 Å². The van der Waals surface area contributed by atoms with E-state index in [1.807, 2.05) is 0 Å². The minimum absolute atomic E-state index is 0.193. The van der Waals surface area contributed by atoms with Crippen molar-refractivity contribution >= 4 is 12.1 Å². The van der Waals surface area contributed by atoms with Crippen LogP contribution in [0.2, 0.25) is 0 Å². The zero-order valence-corrected chi connectivity index (χ0v) is 8.77. The van der Waals surface area contributed by atoms with Gasteiger partial charge in [0.2, 0.25) is 0 Å². The number of amides is 1. The number of esters is 1. The number of carbonyl (C=O) groups excluding carboxylic acids is 2. The van der Waals surface area contributed by atoms with Gasteiger partial charge in [-0.1, -0.05) is 12.7 Å². The van der Waals surface area contributed by atoms with Crippen LogP contribution in [-0.2, 0) is 14.3 Å². The molecule has 0 aromatic rings. The first kappa shape index (κ1) is 11.6. The van der Waals surface area contributed by atoms with Gasteiger partial charge in [-0.2, -0.15) is 0 Å². The normalized spacial score (nSPS) is 19.8. The first-order valence-corrected chi connectivity index (χ1v) is 4.79. The van der Waals surface area contributed by atoms with E-state index in [-0.39, 0.29) is 18.5 Å². The molecule has 1 unspecified atom stereocenters. The molecule has 0 N–H and O–H groups in total. The summed E-state index contributed by atoms with van der Waals surface area (Å²) in [7, 11) is 1.35. The Balaban J connectivity index is 2.38. The van der Waals surface area contributed by atoms with Crippen molar-refractivity contribution in [3.8, 4) is 0 Å². The molecule has 1 amide bonds. The highest BCUT2D eigenvalue weighted by atomic mass is 16.6. The molecular formula is C10H15NO4. The molecule has 1 aliphatic rings. The van der Waals surface area contributed by atoms with Gasteiger partial charge in [-0.25, -0.2) is 4.79 Å². The minimum Gasteiger partial charge on any atom is -0.469 e. The van der Waals surface area contributed by atoms with Gasteiger partial charge >= 0.3 is 12.1 Å². The quantitative estimate of drug-likeness (QED) is 0.514. The molecule has 0 aromatic heterocycles. The molecule has 0 aliphatic carbocycles. The second kappa shape index (κ2) is 5.38. The van der Waals surface area contributed by atoms with Crippen LogP contribution in [0.3, 0.4) is 0 Å². The van der Waals surface area contributed by atoms with E-state index < -0.39 is 6.09 Å². The summed E-state index contributed by atoms with van der Waals surface area (Å²) in [6, 6.07) is 0. The van der Waals surface area contributed by atoms with Crippen molar-refractivity contribution in [1.29, 1.82) is 0 Å². The largest absolute Gasteiger partial charge is 0.469 e. The second-order valence-electron chi connectivity index (χ2n) is 3.32. The zero-order valence-electron chi connectivity index (χ0n) is 8.77. The van der Waals surface area contributed by atoms with Crippen LogP contribution in [-0.4, -0.2) is 43.8 Å². The molecule has 1 heterocycles. The van der Waals surface area contributed by atoms with Gasteiger partial charge in [0.25, 0.3) is 0 Å². The smallest absolute Gasteiger partial charge is 0.410 e. The van der Waals surface area contributed by atoms with Crippen LogP contribution >= 0.6 is 0 Å². The summed E-state index contributed by atoms with van der Waals surface area (Å²) in [6.07, 6.45) is 1.74. The fourth-order valence-corrected chi connectivity index (χ4v) is 1.51. The molecule has 1 aliphatic heterocycles. The Morgan fingerprint density at radius 3 is 2.93 bits per heavy atom. The topological polar surface area (TPSA) is 55.8 Å². The fourth-order valence-electron chi connectivity index (χ4n) is 1.51. The highest BCUT2D eigenvalue weighted by Crippen LogP contribution is 2.18. The highest BCUT2D eigenvalue weighted by Gasteiger charge is 2.32. The molecule has 15 heavy (non-hydrogen) atoms. The molecule has 1 saturated heterocycles. The Labute approximate surface area is 88.6 Å². The van der Waals surface area contributed by atoms with Crippen LogP contribution in [0, 0.1) is 5.92 Å². The molecule has 0 aromatic carbocycles. The van der Waals surface area contributed by atoms with Gasteiger partial charge in [0.05, 0.1) is 13.0 Å². The zero-order chi connectivity index (χ0) is 11.3. The molecule has 1 rings (SSSR count). The Hall–Kier alpha value is -1.52. The van der Waals surface area contributed by atoms with Gasteiger partial charge in [0, 0.05) is 13.1 Å². The van der Waals surface area contributed by atoms with E-state index in [1.54, 1.807) is 0 Å². The third kappa shape index (κ3) is 2.97. The Morgan fingerprint density at radius 1 is 1.60 bits per heavy atom. The Kier molecular flexibility index (Phi) is 4.15. The predicted octanol–water partition coefficient (Wildman–Crippen LogP) is 0.804. The first-order valence-electron chi connectivity index (χ1n) is 4.79. The van der Waals surface area contributed by atoms with Gasteiger partial charge in [0.1, 0.15) is 6.61 Å². The van der Waals surface area contributed by atoms with Gasteiger partial charge in [-0.15, -0.1) is 0 Å². The molecule has 5 heteroatoms. The lowest BCUT2D eigenvalue weighted by Gasteiger charge is -2.14. The Bertz CT molecular complexity index is 264. The number of hydrogen-bond acceptors (Lipinski definition) is 4. The third-order valence-electron chi connectivity index (χ3n) is 2.31. The maximum absolute atomic E-state index is 11.4. The predicted molar refractivity (Wildman–Crippen MR) is 53.2 cm³/mol. The monoisotopic (exact) mass is 213 g/mol. The Morgan fingerprint density at radius 2 is 2.33 bits per heavy atom. The standard InChI is InChI=1S/C10H15NO4/c1-3-6-15-10(13)11-5-4-8(7-11)9(12)14-2/h3,8H,1,4-7H2,2H3. The van der Waals surface area contributed by atoms with Crippen molar-refractivity contribution in [2.24, 2.45) is 5.92 Å². The van der Waals surface area contributed by atoms with Crippen molar-refractivity contribution in [2.45, 2.75) is 6.42 Å². The molecule has 0 radical (unpaired) electrons. The molecule has 0 spiro atoms. The van der Waals surface area contributed by atoms with Gasteiger partial charge in [-0.3, -0.25) is 4.79 Å². The molecule has 5 nitrogen and oxygen atoms in total. The van der Waals surface area contributed by atoms with Crippen molar-refractivity contribution in [3.05, 3.63) is 12.7 Å². The second-order valence-corrected chi connectivity index (χ2v) is 3.32. The van der Waals surface area contributed by atoms with Crippen LogP contribution in [0.25, 0.3) is 0 Å². The minimum atomic E-state index is -0.402. The summed E-state index contributed by atoms with van der Waals surface area (Å²) >= 11 is 0. The number of likely N-dealkylation sites (tertiary alicyclic amines) is 1. The number of nitrogens with zero attached hydrogens (tertiary/aromatic N) is 1. The fraction of sp³-hybridized carbons (Fsp3) is 0.600. The number of methoxy groups -OCH3 is 1. The van der Waals surface area contributed by atoms with Crippen LogP contribution < -0.4 is 0 Å². The summed E-state index contributed by atoms with van der Waals surface area (Å²) < 4.78 is 9.46. The SMILES string of the molecule is C=CCOC(=O)N1CCC(C(=O)OC)C1. The molecular weight excluding hydrogens is 198 g/mol. The molecule has 1 fully saturated rings. The highest BCUT2D eigenvalue weighted by molar-refractivity contribution is 5.75. The maximum atomic E-state index is 11.4. The molecule has 1 atom stereocenters. The average molecular weight is 213 g/mol. The third-order valence-corrected chi connectivity index (χ3v) is 2.31. The first-order chi connectivity index (χ1) is 7.19. The van der Waals surface area contributed by atoms with E-state index in [0.29, 0.717) is 19.5 Å². The maximum Gasteiger partial charge on any atom is 0.410 e. The number of carbonyl (C=O) groups is 2. The summed E-state index contributed by atoms with van der Waals surface area (Å²) in [5.74, 6) is -0.486. The summed E-state index contributed by atoms with van der Waals surface area (Å²) in [5.41, 5.74) is 0. The average Bonchev–Trinajstić information content (AvgIpc) is 2.74. The van der Waals surface area contributed by atoms with Crippen molar-refractivity contribution in [3.63, 3.8) is 0 Å². The van der Waals surface area contributed by atoms with E-state index in [2.05, 4.69) is 11.3 Å². The number of hydrogen-bond donors (Lipinski definition) is 0. The molecule has 0 bridgehead atoms. The van der Waals surface area contributed by atoms with Crippen LogP contribution in [0.4, 0.5) is 4.79 Å². The van der Waals surface area contributed by atoms with Gasteiger partial charge < -0.3 is 14.4 Å². The van der Waals surface area contributed by atoms with E-state index >= 15 is 0 Å². The van der Waals surface area contributed by atoms with Crippen LogP contribution in [0.15, 0.2) is 12.7 Å². The van der Waals surface area contributed by atoms with Crippen molar-refractivity contribution in [1.82, 2.24) is 4.90 Å². The summed E-state index contributed by atoms with van der Waals surface area (Å²) in [4.78, 5) is 24.0. The molecule has 84 valence electrons. The van der Waals surface area contributed by atoms with Crippen molar-refractivity contribution in [2.75, 3.05) is 26.8 Å². The lowest BCUT2D eigenvalue weighted by atomic mass is 10.1. The lowest BCUT2D eigenvalue weighted by molar-refractivity contribution is -0.144. The number of ether oxygens (including phenoxy) is 2. The molecule has 0 saturated carbocycles. The van der Waals surface area contributed by atoms with E-state index in [1.165, 1.54) is 18.1 Å². The lowest BCUT2D eigenvalue weighted by Crippen LogP contribution is -2.30. The van der Waals surface area contributed by atoms with Crippen molar-refractivity contribution < 1.29 is 19.1 Å². The van der Waals surface area contributed by atoms with Crippen LogP contribution in [0.5, 0.6) is 0 Å². The van der Waals surface area contributed by atoms with Gasteiger partial charge in [0.15, 0.2) is 0 Å². The number of rotatable bonds is 3. The summed E-state index contributed by atoms with van der Waals surface area (Å²) in [5, 5.41) is 0. The van der Waals surface area contributed by atoms with E-state index in [4.69, 9.17) is 4.74 Å². The van der Waals surface area contributed by atoms with E-state index in [0.717, 1.165) is 0 Å². The van der Waals surface area contributed by atoms with Crippen LogP contribution in [0.1, 0.15) is 6.42 Å². The summed E-state index contributed by atoms with van der Waals surface area (Å²) in [6.45, 7) is 4.55. The van der Waals surface area contributed by atoms with Gasteiger partial charge in [-0.05, 0) is 6.42 Å².